The van der Waals surface area contributed by atoms with Gasteiger partial charge in [-0.25, -0.2) is 0 Å². The van der Waals surface area contributed by atoms with E-state index in [4.69, 9.17) is 0 Å². The van der Waals surface area contributed by atoms with E-state index in [9.17, 15) is 4.79 Å². The van der Waals surface area contributed by atoms with Gasteiger partial charge in [-0.05, 0) is 32.9 Å². The van der Waals surface area contributed by atoms with Crippen molar-refractivity contribution in [3.63, 3.8) is 0 Å². The summed E-state index contributed by atoms with van der Waals surface area (Å²) in [6.07, 6.45) is 5.61. The molecule has 0 aliphatic carbocycles. The smallest absolute Gasteiger partial charge is 0.273 e. The minimum Gasteiger partial charge on any atom is -0.350 e. The second-order valence-electron chi connectivity index (χ2n) is 5.96. The fourth-order valence-corrected chi connectivity index (χ4v) is 4.41. The van der Waals surface area contributed by atoms with Gasteiger partial charge in [0.15, 0.2) is 10.0 Å². The van der Waals surface area contributed by atoms with Crippen LogP contribution in [0.25, 0.3) is 0 Å². The van der Waals surface area contributed by atoms with Crippen molar-refractivity contribution in [1.82, 2.24) is 35.4 Å². The maximum absolute atomic E-state index is 12.1. The third-order valence-electron chi connectivity index (χ3n) is 3.99. The van der Waals surface area contributed by atoms with Gasteiger partial charge in [0.2, 0.25) is 0 Å². The van der Waals surface area contributed by atoms with Gasteiger partial charge >= 0.3 is 0 Å². The normalized spacial score (nSPS) is 15.4. The molecule has 136 valence electrons. The van der Waals surface area contributed by atoms with E-state index in [1.54, 1.807) is 34.0 Å². The van der Waals surface area contributed by atoms with Crippen LogP contribution in [0.15, 0.2) is 10.5 Å². The summed E-state index contributed by atoms with van der Waals surface area (Å²) in [6, 6.07) is 0. The van der Waals surface area contributed by atoms with E-state index in [1.807, 2.05) is 6.92 Å². The molecule has 8 nitrogen and oxygen atoms in total. The molecule has 3 heterocycles. The van der Waals surface area contributed by atoms with Gasteiger partial charge in [0.25, 0.3) is 5.91 Å². The number of hydrogen-bond donors (Lipinski definition) is 1. The van der Waals surface area contributed by atoms with Crippen LogP contribution in [0, 0.1) is 6.92 Å². The first-order chi connectivity index (χ1) is 12.2. The van der Waals surface area contributed by atoms with Gasteiger partial charge in [-0.3, -0.25) is 9.48 Å². The zero-order chi connectivity index (χ0) is 17.5. The predicted octanol–water partition coefficient (Wildman–Crippen LogP) is 1.45. The quantitative estimate of drug-likeness (QED) is 0.547. The molecule has 10 heteroatoms. The van der Waals surface area contributed by atoms with Crippen LogP contribution in [0.2, 0.25) is 0 Å². The molecule has 2 aromatic rings. The number of carbonyl (C=O) groups excluding carboxylic acids is 1. The highest BCUT2D eigenvalue weighted by molar-refractivity contribution is 8.01. The van der Waals surface area contributed by atoms with Gasteiger partial charge in [0, 0.05) is 18.8 Å². The molecular formula is C15H23N7OS2. The molecule has 1 fully saturated rings. The molecule has 25 heavy (non-hydrogen) atoms. The summed E-state index contributed by atoms with van der Waals surface area (Å²) in [4.78, 5) is 14.5. The molecule has 1 N–H and O–H groups in total. The van der Waals surface area contributed by atoms with Crippen molar-refractivity contribution in [2.45, 2.75) is 37.1 Å². The largest absolute Gasteiger partial charge is 0.350 e. The molecule has 0 bridgehead atoms. The average molecular weight is 382 g/mol. The zero-order valence-electron chi connectivity index (χ0n) is 14.3. The standard InChI is InChI=1S/C15H23N7OS2/c1-12-17-19-15(25-12)24-10-5-16-14(23)13-11-22(20-18-13)9-8-21-6-3-2-4-7-21/h11H,2-10H2,1H3,(H,16,23). The summed E-state index contributed by atoms with van der Waals surface area (Å²) in [5, 5.41) is 19.9. The molecule has 1 aliphatic rings. The van der Waals surface area contributed by atoms with Gasteiger partial charge in [-0.2, -0.15) is 0 Å². The van der Waals surface area contributed by atoms with Gasteiger partial charge in [-0.1, -0.05) is 34.7 Å². The summed E-state index contributed by atoms with van der Waals surface area (Å²) in [7, 11) is 0. The molecule has 0 radical (unpaired) electrons. The number of nitrogens with one attached hydrogen (secondary N) is 1. The molecule has 0 atom stereocenters. The molecule has 3 rings (SSSR count). The lowest BCUT2D eigenvalue weighted by Crippen LogP contribution is -2.32. The first-order valence-electron chi connectivity index (χ1n) is 8.54. The predicted molar refractivity (Wildman–Crippen MR) is 98.0 cm³/mol. The van der Waals surface area contributed by atoms with Crippen LogP contribution < -0.4 is 5.32 Å². The Morgan fingerprint density at radius 2 is 2.08 bits per heavy atom. The first kappa shape index (κ1) is 18.3. The second-order valence-corrected chi connectivity index (χ2v) is 8.48. The Labute approximate surface area is 155 Å². The number of rotatable bonds is 8. The summed E-state index contributed by atoms with van der Waals surface area (Å²) in [5.41, 5.74) is 0.371. The number of piperidine rings is 1. The van der Waals surface area contributed by atoms with E-state index in [0.717, 1.165) is 41.3 Å². The Morgan fingerprint density at radius 1 is 1.24 bits per heavy atom. The summed E-state index contributed by atoms with van der Waals surface area (Å²) in [5.74, 6) is 0.571. The van der Waals surface area contributed by atoms with E-state index in [1.165, 1.54) is 19.3 Å². The van der Waals surface area contributed by atoms with Crippen molar-refractivity contribution in [2.24, 2.45) is 0 Å². The van der Waals surface area contributed by atoms with Gasteiger partial charge in [0.05, 0.1) is 12.7 Å². The number of nitrogens with zero attached hydrogens (tertiary/aromatic N) is 6. The third kappa shape index (κ3) is 5.75. The maximum atomic E-state index is 12.1. The molecule has 2 aromatic heterocycles. The number of likely N-dealkylation sites (tertiary alicyclic amines) is 1. The number of aromatic nitrogens is 5. The Bertz CT molecular complexity index is 681. The highest BCUT2D eigenvalue weighted by atomic mass is 32.2. The number of hydrogen-bond acceptors (Lipinski definition) is 8. The van der Waals surface area contributed by atoms with E-state index in [2.05, 4.69) is 30.7 Å². The van der Waals surface area contributed by atoms with Gasteiger partial charge in [-0.15, -0.1) is 15.3 Å². The van der Waals surface area contributed by atoms with E-state index in [-0.39, 0.29) is 5.91 Å². The molecule has 0 saturated carbocycles. The van der Waals surface area contributed by atoms with Crippen molar-refractivity contribution >= 4 is 29.0 Å². The Kier molecular flexibility index (Phi) is 6.76. The zero-order valence-corrected chi connectivity index (χ0v) is 16.0. The third-order valence-corrected chi connectivity index (χ3v) is 5.96. The van der Waals surface area contributed by atoms with Gasteiger partial charge < -0.3 is 10.2 Å². The van der Waals surface area contributed by atoms with Crippen LogP contribution in [-0.2, 0) is 6.54 Å². The lowest BCUT2D eigenvalue weighted by atomic mass is 10.1. The van der Waals surface area contributed by atoms with Crippen LogP contribution in [-0.4, -0.2) is 67.9 Å². The molecule has 0 aromatic carbocycles. The van der Waals surface area contributed by atoms with Crippen LogP contribution in [0.4, 0.5) is 0 Å². The molecule has 0 unspecified atom stereocenters. The monoisotopic (exact) mass is 381 g/mol. The number of amides is 1. The molecule has 0 spiro atoms. The molecule has 1 aliphatic heterocycles. The minimum absolute atomic E-state index is 0.182. The average Bonchev–Trinajstić information content (AvgIpc) is 3.27. The van der Waals surface area contributed by atoms with Crippen LogP contribution in [0.1, 0.15) is 34.8 Å². The number of carbonyl (C=O) groups is 1. The Balaban J connectivity index is 1.36. The van der Waals surface area contributed by atoms with Crippen molar-refractivity contribution in [1.29, 1.82) is 0 Å². The first-order valence-corrected chi connectivity index (χ1v) is 10.3. The fraction of sp³-hybridized carbons (Fsp3) is 0.667. The lowest BCUT2D eigenvalue weighted by molar-refractivity contribution is 0.0951. The summed E-state index contributed by atoms with van der Waals surface area (Å²) in [6.45, 7) is 6.54. The van der Waals surface area contributed by atoms with E-state index >= 15 is 0 Å². The van der Waals surface area contributed by atoms with Crippen molar-refractivity contribution < 1.29 is 4.79 Å². The van der Waals surface area contributed by atoms with Crippen molar-refractivity contribution in [3.8, 4) is 0 Å². The van der Waals surface area contributed by atoms with Crippen LogP contribution in [0.3, 0.4) is 0 Å². The van der Waals surface area contributed by atoms with Crippen molar-refractivity contribution in [3.05, 3.63) is 16.9 Å². The molecule has 1 amide bonds. The Hall–Kier alpha value is -1.52. The minimum atomic E-state index is -0.182. The summed E-state index contributed by atoms with van der Waals surface area (Å²) < 4.78 is 2.68. The van der Waals surface area contributed by atoms with Crippen LogP contribution in [0.5, 0.6) is 0 Å². The van der Waals surface area contributed by atoms with Crippen LogP contribution >= 0.6 is 23.1 Å². The molecular weight excluding hydrogens is 358 g/mol. The van der Waals surface area contributed by atoms with E-state index in [0.29, 0.717) is 12.2 Å². The fourth-order valence-electron chi connectivity index (χ4n) is 2.67. The van der Waals surface area contributed by atoms with E-state index < -0.39 is 0 Å². The number of aryl methyl sites for hydroxylation is 1. The second kappa shape index (κ2) is 9.25. The van der Waals surface area contributed by atoms with Crippen molar-refractivity contribution in [2.75, 3.05) is 31.9 Å². The lowest BCUT2D eigenvalue weighted by Gasteiger charge is -2.25. The topological polar surface area (TPSA) is 88.8 Å². The Morgan fingerprint density at radius 3 is 2.84 bits per heavy atom. The van der Waals surface area contributed by atoms with Gasteiger partial charge in [0.1, 0.15) is 5.01 Å². The summed E-state index contributed by atoms with van der Waals surface area (Å²) >= 11 is 3.15. The number of thioether (sulfide) groups is 1. The highest BCUT2D eigenvalue weighted by Gasteiger charge is 2.13. The molecule has 1 saturated heterocycles. The highest BCUT2D eigenvalue weighted by Crippen LogP contribution is 2.20. The SMILES string of the molecule is Cc1nnc(SCCNC(=O)c2cn(CCN3CCCCC3)nn2)s1. The maximum Gasteiger partial charge on any atom is 0.273 e.